The molecule has 2 amide bonds. The van der Waals surface area contributed by atoms with Crippen molar-refractivity contribution in [1.29, 1.82) is 10.5 Å². The minimum Gasteiger partial charge on any atom is -0.445 e. The molecule has 4 atom stereocenters. The van der Waals surface area contributed by atoms with Crippen LogP contribution in [0.25, 0.3) is 0 Å². The summed E-state index contributed by atoms with van der Waals surface area (Å²) in [6.45, 7) is 15.2. The number of likely N-dealkylation sites (tertiary alicyclic amines) is 2. The highest BCUT2D eigenvalue weighted by atomic mass is 28.4. The maximum absolute atomic E-state index is 13.5. The van der Waals surface area contributed by atoms with Crippen molar-refractivity contribution in [2.45, 2.75) is 115 Å². The maximum atomic E-state index is 13.5. The summed E-state index contributed by atoms with van der Waals surface area (Å²) in [6.07, 6.45) is 1.86. The van der Waals surface area contributed by atoms with Crippen molar-refractivity contribution in [2.75, 3.05) is 13.1 Å². The van der Waals surface area contributed by atoms with Gasteiger partial charge < -0.3 is 28.1 Å². The molecule has 4 unspecified atom stereocenters. The lowest BCUT2D eigenvalue weighted by molar-refractivity contribution is 0.0306. The number of benzene rings is 8. The summed E-state index contributed by atoms with van der Waals surface area (Å²) < 4.78 is 26.5. The minimum atomic E-state index is -2.77. The molecule has 0 saturated carbocycles. The first-order valence-corrected chi connectivity index (χ1v) is 33.0. The highest BCUT2D eigenvalue weighted by Crippen LogP contribution is 2.43. The number of nitrogens with zero attached hydrogens (tertiary/aromatic N) is 4. The van der Waals surface area contributed by atoms with Crippen LogP contribution in [-0.4, -0.2) is 63.9 Å². The zero-order chi connectivity index (χ0) is 59.2. The van der Waals surface area contributed by atoms with Crippen molar-refractivity contribution in [2.24, 2.45) is 0 Å². The first kappa shape index (κ1) is 60.2. The van der Waals surface area contributed by atoms with E-state index in [0.717, 1.165) is 22.3 Å². The summed E-state index contributed by atoms with van der Waals surface area (Å²) in [4.78, 5) is 30.6. The van der Waals surface area contributed by atoms with Crippen molar-refractivity contribution < 1.29 is 27.9 Å². The molecular weight excluding hydrogens is 1070 g/mol. The van der Waals surface area contributed by atoms with Gasteiger partial charge in [-0.2, -0.15) is 10.5 Å². The van der Waals surface area contributed by atoms with Crippen LogP contribution >= 0.6 is 0 Å². The van der Waals surface area contributed by atoms with E-state index in [1.54, 1.807) is 0 Å². The number of carbonyl (C=O) groups excluding carboxylic acids is 2. The number of carbonyl (C=O) groups is 2. The van der Waals surface area contributed by atoms with E-state index in [-0.39, 0.29) is 59.8 Å². The van der Waals surface area contributed by atoms with Crippen LogP contribution in [0, 0.1) is 22.7 Å². The third-order valence-corrected chi connectivity index (χ3v) is 26.5. The van der Waals surface area contributed by atoms with Gasteiger partial charge in [0.1, 0.15) is 13.2 Å². The Morgan fingerprint density at radius 1 is 0.429 bits per heavy atom. The number of piperidine rings is 2. The molecule has 2 fully saturated rings. The topological polar surface area (TPSA) is 125 Å². The Morgan fingerprint density at radius 2 is 0.702 bits per heavy atom. The van der Waals surface area contributed by atoms with Crippen LogP contribution in [-0.2, 0) is 31.5 Å². The number of nitriles is 2. The van der Waals surface area contributed by atoms with E-state index < -0.39 is 16.6 Å². The molecule has 0 N–H and O–H groups in total. The van der Waals surface area contributed by atoms with E-state index in [1.807, 2.05) is 119 Å². The summed E-state index contributed by atoms with van der Waals surface area (Å²) in [5, 5.41) is 23.4. The molecule has 2 saturated heterocycles. The highest BCUT2D eigenvalue weighted by Gasteiger charge is 2.54. The Balaban J connectivity index is 0.000000202. The molecule has 428 valence electrons. The van der Waals surface area contributed by atoms with Crippen LogP contribution in [0.15, 0.2) is 231 Å². The second-order valence-corrected chi connectivity index (χ2v) is 32.3. The fraction of sp³-hybridized carbons (Fsp3) is 0.278. The van der Waals surface area contributed by atoms with Crippen LogP contribution in [0.1, 0.15) is 113 Å². The molecule has 0 aromatic heterocycles. The SMILES string of the molecule is CC(C)(C)[Si](OC1CCN(C(=O)OCc2ccccc2)C(c2ccc(C#N)cc2)C1)(c1ccccc1)c1ccccc1.CC(C)(C)[Si](OC1CCN(C(=O)OCc2ccccc2)C(c2ccc(C#N)cc2)C1)(c1ccccc1)c1ccccc1. The Morgan fingerprint density at radius 3 is 0.964 bits per heavy atom. The largest absolute Gasteiger partial charge is 0.445 e. The average Bonchev–Trinajstić information content (AvgIpc) is 2.69. The van der Waals surface area contributed by atoms with Crippen molar-refractivity contribution in [3.8, 4) is 12.1 Å². The zero-order valence-corrected chi connectivity index (χ0v) is 51.1. The third-order valence-electron chi connectivity index (χ3n) is 16.4. The first-order chi connectivity index (χ1) is 40.6. The van der Waals surface area contributed by atoms with E-state index in [4.69, 9.17) is 18.3 Å². The quantitative estimate of drug-likeness (QED) is 0.0986. The van der Waals surface area contributed by atoms with Crippen molar-refractivity contribution in [3.63, 3.8) is 0 Å². The second-order valence-electron chi connectivity index (χ2n) is 23.8. The molecule has 2 aliphatic rings. The average molecular weight is 1150 g/mol. The number of hydrogen-bond acceptors (Lipinski definition) is 8. The molecule has 0 bridgehead atoms. The summed E-state index contributed by atoms with van der Waals surface area (Å²) in [6, 6.07) is 81.1. The van der Waals surface area contributed by atoms with Gasteiger partial charge in [0.15, 0.2) is 0 Å². The molecule has 10 nitrogen and oxygen atoms in total. The van der Waals surface area contributed by atoms with Gasteiger partial charge in [0.2, 0.25) is 0 Å². The predicted molar refractivity (Wildman–Crippen MR) is 338 cm³/mol. The molecule has 8 aromatic rings. The standard InChI is InChI=1S/2C36H38N2O3Si/c2*1-36(2,3)42(32-15-9-5-10-16-32,33-17-11-6-12-18-33)41-31-23-24-38(35(39)40-27-29-13-7-4-8-14-29)34(25-31)30-21-19-28(26-37)20-22-30/h2*4-22,31,34H,23-25,27H2,1-3H3. The summed E-state index contributed by atoms with van der Waals surface area (Å²) in [5.41, 5.74) is 5.03. The van der Waals surface area contributed by atoms with Crippen molar-refractivity contribution in [3.05, 3.63) is 264 Å². The summed E-state index contributed by atoms with van der Waals surface area (Å²) in [5.74, 6) is 0. The fourth-order valence-electron chi connectivity index (χ4n) is 12.2. The molecule has 8 aromatic carbocycles. The summed E-state index contributed by atoms with van der Waals surface area (Å²) in [7, 11) is -5.54. The van der Waals surface area contributed by atoms with E-state index in [0.29, 0.717) is 49.9 Å². The van der Waals surface area contributed by atoms with E-state index in [9.17, 15) is 20.1 Å². The number of amides is 2. The Kier molecular flexibility index (Phi) is 19.6. The monoisotopic (exact) mass is 1150 g/mol. The lowest BCUT2D eigenvalue weighted by Gasteiger charge is -2.48. The molecule has 84 heavy (non-hydrogen) atoms. The van der Waals surface area contributed by atoms with Gasteiger partial charge in [0.25, 0.3) is 16.6 Å². The normalized spacial score (nSPS) is 17.3. The lowest BCUT2D eigenvalue weighted by Crippen LogP contribution is -2.68. The lowest BCUT2D eigenvalue weighted by atomic mass is 9.93. The summed E-state index contributed by atoms with van der Waals surface area (Å²) >= 11 is 0. The molecular formula is C72H76N4O6Si2. The van der Waals surface area contributed by atoms with Gasteiger partial charge in [-0.25, -0.2) is 9.59 Å². The van der Waals surface area contributed by atoms with Gasteiger partial charge >= 0.3 is 12.2 Å². The van der Waals surface area contributed by atoms with Gasteiger partial charge in [-0.05, 0) is 103 Å². The predicted octanol–water partition coefficient (Wildman–Crippen LogP) is 14.0. The third kappa shape index (κ3) is 13.8. The molecule has 12 heteroatoms. The van der Waals surface area contributed by atoms with Gasteiger partial charge in [0.05, 0.1) is 35.3 Å². The van der Waals surface area contributed by atoms with E-state index >= 15 is 0 Å². The van der Waals surface area contributed by atoms with Crippen molar-refractivity contribution in [1.82, 2.24) is 9.80 Å². The molecule has 2 heterocycles. The fourth-order valence-corrected chi connectivity index (χ4v) is 21.7. The first-order valence-electron chi connectivity index (χ1n) is 29.2. The Labute approximate surface area is 499 Å². The van der Waals surface area contributed by atoms with Crippen LogP contribution in [0.5, 0.6) is 0 Å². The van der Waals surface area contributed by atoms with Crippen molar-refractivity contribution >= 4 is 49.6 Å². The minimum absolute atomic E-state index is 0.0740. The van der Waals surface area contributed by atoms with Crippen LogP contribution in [0.3, 0.4) is 0 Å². The van der Waals surface area contributed by atoms with Crippen LogP contribution < -0.4 is 20.7 Å². The van der Waals surface area contributed by atoms with Gasteiger partial charge in [0, 0.05) is 25.3 Å². The molecule has 0 radical (unpaired) electrons. The van der Waals surface area contributed by atoms with Crippen LogP contribution in [0.4, 0.5) is 9.59 Å². The molecule has 10 rings (SSSR count). The van der Waals surface area contributed by atoms with Gasteiger partial charge in [-0.3, -0.25) is 0 Å². The van der Waals surface area contributed by atoms with Gasteiger partial charge in [-0.15, -0.1) is 0 Å². The zero-order valence-electron chi connectivity index (χ0n) is 49.1. The maximum Gasteiger partial charge on any atom is 0.410 e. The van der Waals surface area contributed by atoms with E-state index in [2.05, 4.69) is 175 Å². The second kappa shape index (κ2) is 27.4. The molecule has 0 aliphatic carbocycles. The number of rotatable bonds is 14. The molecule has 2 aliphatic heterocycles. The number of ether oxygens (including phenoxy) is 2. The Bertz CT molecular complexity index is 3150. The Hall–Kier alpha value is -8.37. The number of hydrogen-bond donors (Lipinski definition) is 0. The van der Waals surface area contributed by atoms with Crippen LogP contribution in [0.2, 0.25) is 10.1 Å². The molecule has 0 spiro atoms. The smallest absolute Gasteiger partial charge is 0.410 e. The van der Waals surface area contributed by atoms with E-state index in [1.165, 1.54) is 20.7 Å². The highest BCUT2D eigenvalue weighted by molar-refractivity contribution is 7.00. The van der Waals surface area contributed by atoms with Gasteiger partial charge in [-0.1, -0.05) is 248 Å².